The lowest BCUT2D eigenvalue weighted by atomic mass is 10.0. The number of hydrogen-bond acceptors (Lipinski definition) is 7. The van der Waals surface area contributed by atoms with E-state index in [1.165, 1.54) is 5.39 Å². The third-order valence-corrected chi connectivity index (χ3v) is 8.86. The number of benzene rings is 4. The van der Waals surface area contributed by atoms with Crippen LogP contribution in [0.5, 0.6) is 0 Å². The van der Waals surface area contributed by atoms with Gasteiger partial charge in [-0.25, -0.2) is 0 Å². The van der Waals surface area contributed by atoms with Crippen molar-refractivity contribution in [1.29, 1.82) is 0 Å². The van der Waals surface area contributed by atoms with Gasteiger partial charge in [-0.3, -0.25) is 34.2 Å². The van der Waals surface area contributed by atoms with Gasteiger partial charge < -0.3 is 21.1 Å². The zero-order valence-corrected chi connectivity index (χ0v) is 26.5. The van der Waals surface area contributed by atoms with Crippen LogP contribution < -0.4 is 21.3 Å². The second-order valence-corrected chi connectivity index (χ2v) is 12.1. The first kappa shape index (κ1) is 32.4. The Kier molecular flexibility index (Phi) is 9.49. The Hall–Kier alpha value is -5.55. The number of imide groups is 1. The Morgan fingerprint density at radius 3 is 2.58 bits per heavy atom. The van der Waals surface area contributed by atoms with Gasteiger partial charge in [-0.1, -0.05) is 54.6 Å². The normalized spacial score (nSPS) is 17.2. The lowest BCUT2D eigenvalue weighted by Gasteiger charge is -2.32. The molecule has 0 radical (unpaired) electrons. The van der Waals surface area contributed by atoms with E-state index in [0.717, 1.165) is 21.4 Å². The number of carbonyl (C=O) groups excluding carboxylic acids is 5. The number of aryl methyl sites for hydroxylation is 1. The molecule has 11 heteroatoms. The zero-order chi connectivity index (χ0) is 33.8. The van der Waals surface area contributed by atoms with Crippen LogP contribution in [0.25, 0.3) is 10.8 Å². The number of piperidine rings is 1. The standard InChI is InChI=1S/C37H37N5O6/c1-22-14-15-25(21-28(22)34(45)39-20-18-24-9-4-8-23-7-2-3-10-26(23)24)40-31(43)13-6-19-38-29-12-5-11-27-33(29)37(48)42(36(27)47)30-16-17-32(44)41-35(30)46/h2-5,7-12,14-15,21,30,37-38,48H,6,13,16-20H2,1H3,(H,39,45)(H,40,43)(H,41,44,46). The van der Waals surface area contributed by atoms with Gasteiger partial charge in [0.2, 0.25) is 17.7 Å². The average molecular weight is 648 g/mol. The van der Waals surface area contributed by atoms with Crippen molar-refractivity contribution in [3.8, 4) is 0 Å². The van der Waals surface area contributed by atoms with E-state index in [2.05, 4.69) is 45.5 Å². The van der Waals surface area contributed by atoms with Crippen molar-refractivity contribution in [3.05, 3.63) is 107 Å². The van der Waals surface area contributed by atoms with Gasteiger partial charge in [0.05, 0.1) is 0 Å². The highest BCUT2D eigenvalue weighted by Gasteiger charge is 2.45. The van der Waals surface area contributed by atoms with Gasteiger partial charge in [-0.05, 0) is 72.4 Å². The number of hydrogen-bond donors (Lipinski definition) is 5. The van der Waals surface area contributed by atoms with Crippen LogP contribution in [0.2, 0.25) is 0 Å². The number of nitrogens with zero attached hydrogens (tertiary/aromatic N) is 1. The summed E-state index contributed by atoms with van der Waals surface area (Å²) in [6.07, 6.45) is 0.194. The van der Waals surface area contributed by atoms with E-state index < -0.39 is 30.0 Å². The maximum absolute atomic E-state index is 13.1. The topological polar surface area (TPSA) is 157 Å². The monoisotopic (exact) mass is 647 g/mol. The predicted octanol–water partition coefficient (Wildman–Crippen LogP) is 4.20. The van der Waals surface area contributed by atoms with Gasteiger partial charge in [0.1, 0.15) is 6.04 Å². The minimum atomic E-state index is -1.35. The molecule has 48 heavy (non-hydrogen) atoms. The van der Waals surface area contributed by atoms with Gasteiger partial charge in [-0.15, -0.1) is 0 Å². The number of aliphatic hydroxyl groups excluding tert-OH is 1. The summed E-state index contributed by atoms with van der Waals surface area (Å²) < 4.78 is 0. The molecule has 0 aromatic heterocycles. The molecule has 2 aliphatic heterocycles. The summed E-state index contributed by atoms with van der Waals surface area (Å²) in [7, 11) is 0. The summed E-state index contributed by atoms with van der Waals surface area (Å²) in [5, 5.41) is 24.7. The maximum Gasteiger partial charge on any atom is 0.257 e. The summed E-state index contributed by atoms with van der Waals surface area (Å²) in [5.74, 6) is -1.92. The van der Waals surface area contributed by atoms with Gasteiger partial charge in [0.25, 0.3) is 11.8 Å². The van der Waals surface area contributed by atoms with Gasteiger partial charge in [0.15, 0.2) is 6.23 Å². The fourth-order valence-corrected chi connectivity index (χ4v) is 6.39. The zero-order valence-electron chi connectivity index (χ0n) is 26.5. The van der Waals surface area contributed by atoms with E-state index in [0.29, 0.717) is 48.4 Å². The number of aliphatic hydroxyl groups is 1. The highest BCUT2D eigenvalue weighted by molar-refractivity contribution is 6.06. The number of fused-ring (bicyclic) bond motifs is 2. The Balaban J connectivity index is 0.998. The van der Waals surface area contributed by atoms with Crippen molar-refractivity contribution in [2.75, 3.05) is 23.7 Å². The number of anilines is 2. The summed E-state index contributed by atoms with van der Waals surface area (Å²) in [6, 6.07) is 23.6. The smallest absolute Gasteiger partial charge is 0.257 e. The van der Waals surface area contributed by atoms with Crippen LogP contribution in [0.1, 0.15) is 69.3 Å². The molecule has 2 unspecified atom stereocenters. The minimum absolute atomic E-state index is 0.0834. The highest BCUT2D eigenvalue weighted by Crippen LogP contribution is 2.39. The van der Waals surface area contributed by atoms with Gasteiger partial charge >= 0.3 is 0 Å². The van der Waals surface area contributed by atoms with E-state index >= 15 is 0 Å². The molecule has 0 spiro atoms. The van der Waals surface area contributed by atoms with Gasteiger partial charge in [0, 0.05) is 54.0 Å². The number of nitrogens with one attached hydrogen (secondary N) is 4. The van der Waals surface area contributed by atoms with Crippen LogP contribution in [0.3, 0.4) is 0 Å². The molecule has 2 aliphatic rings. The molecule has 4 aromatic rings. The predicted molar refractivity (Wildman–Crippen MR) is 181 cm³/mol. The molecule has 0 saturated carbocycles. The van der Waals surface area contributed by atoms with Crippen LogP contribution in [0, 0.1) is 6.92 Å². The van der Waals surface area contributed by atoms with E-state index in [-0.39, 0.29) is 36.6 Å². The van der Waals surface area contributed by atoms with Crippen molar-refractivity contribution >= 4 is 51.7 Å². The van der Waals surface area contributed by atoms with Crippen molar-refractivity contribution in [2.45, 2.75) is 51.3 Å². The Morgan fingerprint density at radius 1 is 0.958 bits per heavy atom. The van der Waals surface area contributed by atoms with E-state index in [9.17, 15) is 29.1 Å². The van der Waals surface area contributed by atoms with Crippen LogP contribution in [-0.4, -0.2) is 58.7 Å². The highest BCUT2D eigenvalue weighted by atomic mass is 16.3. The van der Waals surface area contributed by atoms with Crippen molar-refractivity contribution < 1.29 is 29.1 Å². The van der Waals surface area contributed by atoms with E-state index in [4.69, 9.17) is 0 Å². The molecule has 2 heterocycles. The molecule has 1 fully saturated rings. The lowest BCUT2D eigenvalue weighted by Crippen LogP contribution is -2.53. The molecule has 11 nitrogen and oxygen atoms in total. The molecule has 0 bridgehead atoms. The lowest BCUT2D eigenvalue weighted by molar-refractivity contribution is -0.139. The third kappa shape index (κ3) is 6.77. The molecule has 1 saturated heterocycles. The molecule has 4 aromatic carbocycles. The molecule has 2 atom stereocenters. The third-order valence-electron chi connectivity index (χ3n) is 8.86. The Labute approximate surface area is 277 Å². The van der Waals surface area contributed by atoms with Crippen molar-refractivity contribution in [1.82, 2.24) is 15.5 Å². The number of carbonyl (C=O) groups is 5. The van der Waals surface area contributed by atoms with Crippen LogP contribution >= 0.6 is 0 Å². The molecule has 6 rings (SSSR count). The summed E-state index contributed by atoms with van der Waals surface area (Å²) in [4.78, 5) is 64.1. The first-order valence-corrected chi connectivity index (χ1v) is 16.1. The Bertz CT molecular complexity index is 1920. The average Bonchev–Trinajstić information content (AvgIpc) is 3.33. The first-order valence-electron chi connectivity index (χ1n) is 16.1. The fourth-order valence-electron chi connectivity index (χ4n) is 6.39. The molecule has 5 N–H and O–H groups in total. The second-order valence-electron chi connectivity index (χ2n) is 12.1. The number of amides is 5. The molecule has 246 valence electrons. The maximum atomic E-state index is 13.1. The van der Waals surface area contributed by atoms with Crippen LogP contribution in [0.4, 0.5) is 11.4 Å². The van der Waals surface area contributed by atoms with Crippen molar-refractivity contribution in [2.24, 2.45) is 0 Å². The summed E-state index contributed by atoms with van der Waals surface area (Å²) in [6.45, 7) is 2.70. The minimum Gasteiger partial charge on any atom is -0.385 e. The Morgan fingerprint density at radius 2 is 1.75 bits per heavy atom. The quantitative estimate of drug-likeness (QED) is 0.121. The van der Waals surface area contributed by atoms with Crippen LogP contribution in [-0.2, 0) is 20.8 Å². The fraction of sp³-hybridized carbons (Fsp3) is 0.270. The molecular formula is C37H37N5O6. The molecular weight excluding hydrogens is 610 g/mol. The SMILES string of the molecule is Cc1ccc(NC(=O)CCCNc2cccc3c2C(O)N(C2CCC(=O)NC2=O)C3=O)cc1C(=O)NCCc1cccc2ccccc12. The molecule has 5 amide bonds. The molecule has 0 aliphatic carbocycles. The summed E-state index contributed by atoms with van der Waals surface area (Å²) in [5.41, 5.74) is 4.14. The van der Waals surface area contributed by atoms with E-state index in [1.54, 1.807) is 36.4 Å². The first-order chi connectivity index (χ1) is 23.2. The van der Waals surface area contributed by atoms with Gasteiger partial charge in [-0.2, -0.15) is 0 Å². The largest absolute Gasteiger partial charge is 0.385 e. The summed E-state index contributed by atoms with van der Waals surface area (Å²) >= 11 is 0. The second kappa shape index (κ2) is 14.1. The van der Waals surface area contributed by atoms with Crippen molar-refractivity contribution in [3.63, 3.8) is 0 Å². The number of rotatable bonds is 11. The van der Waals surface area contributed by atoms with Crippen LogP contribution in [0.15, 0.2) is 78.9 Å². The van der Waals surface area contributed by atoms with E-state index in [1.807, 2.05) is 25.1 Å².